The molecule has 3 N–H and O–H groups in total. The van der Waals surface area contributed by atoms with Crippen molar-refractivity contribution in [1.29, 1.82) is 0 Å². The number of hydrogen-bond donors (Lipinski definition) is 3. The summed E-state index contributed by atoms with van der Waals surface area (Å²) < 4.78 is 0. The van der Waals surface area contributed by atoms with Gasteiger partial charge in [-0.25, -0.2) is 0 Å². The molecule has 0 saturated carbocycles. The Morgan fingerprint density at radius 1 is 1.30 bits per heavy atom. The van der Waals surface area contributed by atoms with Gasteiger partial charge in [0.25, 0.3) is 0 Å². The minimum Gasteiger partial charge on any atom is -0.556 e. The van der Waals surface area contributed by atoms with Crippen molar-refractivity contribution in [1.82, 2.24) is 4.99 Å². The SMILES string of the molecule is O[B-](O)(O)C1=C[N+]=CC=C1. The first-order chi connectivity index (χ1) is 4.61. The van der Waals surface area contributed by atoms with Crippen molar-refractivity contribution >= 4 is 13.0 Å². The lowest BCUT2D eigenvalue weighted by atomic mass is 9.70. The monoisotopic (exact) mass is 140 g/mol. The maximum Gasteiger partial charge on any atom is 0.408 e. The fourth-order valence-electron chi connectivity index (χ4n) is 0.605. The third-order valence-electron chi connectivity index (χ3n) is 1.13. The van der Waals surface area contributed by atoms with Crippen molar-refractivity contribution in [2.24, 2.45) is 0 Å². The molecule has 0 saturated heterocycles. The summed E-state index contributed by atoms with van der Waals surface area (Å²) >= 11 is 0. The first-order valence-corrected chi connectivity index (χ1v) is 2.82. The Morgan fingerprint density at radius 3 is 2.30 bits per heavy atom. The predicted octanol–water partition coefficient (Wildman–Crippen LogP) is -1.70. The van der Waals surface area contributed by atoms with E-state index in [9.17, 15) is 0 Å². The Balaban J connectivity index is 2.85. The molecule has 0 aromatic carbocycles. The smallest absolute Gasteiger partial charge is 0.408 e. The van der Waals surface area contributed by atoms with Gasteiger partial charge in [-0.15, -0.1) is 0 Å². The van der Waals surface area contributed by atoms with E-state index in [0.29, 0.717) is 0 Å². The summed E-state index contributed by atoms with van der Waals surface area (Å²) in [7, 11) is 0. The normalized spacial score (nSPS) is 17.3. The van der Waals surface area contributed by atoms with Crippen LogP contribution in [0.5, 0.6) is 0 Å². The van der Waals surface area contributed by atoms with Gasteiger partial charge < -0.3 is 15.1 Å². The molecule has 0 aromatic rings. The molecule has 0 aliphatic carbocycles. The van der Waals surface area contributed by atoms with Gasteiger partial charge in [0.2, 0.25) is 12.4 Å². The van der Waals surface area contributed by atoms with Crippen molar-refractivity contribution in [3.8, 4) is 0 Å². The third-order valence-corrected chi connectivity index (χ3v) is 1.13. The van der Waals surface area contributed by atoms with E-state index in [1.165, 1.54) is 24.6 Å². The Bertz CT molecular complexity index is 213. The van der Waals surface area contributed by atoms with Gasteiger partial charge in [0, 0.05) is 6.08 Å². The molecule has 4 nitrogen and oxygen atoms in total. The topological polar surface area (TPSA) is 74.8 Å². The molecule has 0 aromatic heterocycles. The quantitative estimate of drug-likeness (QED) is 0.380. The van der Waals surface area contributed by atoms with E-state index < -0.39 is 6.75 Å². The molecular weight excluding hydrogens is 133 g/mol. The summed E-state index contributed by atoms with van der Waals surface area (Å²) in [5.41, 5.74) is 0.0162. The zero-order chi connectivity index (χ0) is 7.61. The van der Waals surface area contributed by atoms with Crippen LogP contribution in [0.3, 0.4) is 0 Å². The van der Waals surface area contributed by atoms with Crippen LogP contribution in [0.1, 0.15) is 0 Å². The van der Waals surface area contributed by atoms with Crippen LogP contribution in [-0.2, 0) is 0 Å². The molecule has 0 spiro atoms. The zero-order valence-electron chi connectivity index (χ0n) is 5.18. The van der Waals surface area contributed by atoms with Gasteiger partial charge in [-0.3, -0.25) is 0 Å². The van der Waals surface area contributed by atoms with E-state index in [1.807, 2.05) is 0 Å². The molecule has 5 heteroatoms. The molecule has 0 amide bonds. The average Bonchev–Trinajstić information content (AvgIpc) is 1.88. The van der Waals surface area contributed by atoms with Crippen molar-refractivity contribution in [2.75, 3.05) is 0 Å². The van der Waals surface area contributed by atoms with Gasteiger partial charge in [0.1, 0.15) is 0 Å². The highest BCUT2D eigenvalue weighted by Crippen LogP contribution is 2.06. The molecule has 1 aliphatic heterocycles. The molecule has 53 valence electrons. The second-order valence-electron chi connectivity index (χ2n) is 2.02. The highest BCUT2D eigenvalue weighted by molar-refractivity contribution is 6.65. The number of rotatable bonds is 1. The molecule has 0 unspecified atom stereocenters. The summed E-state index contributed by atoms with van der Waals surface area (Å²) in [6.07, 6.45) is 5.56. The van der Waals surface area contributed by atoms with Gasteiger partial charge in [-0.1, -0.05) is 11.5 Å². The third kappa shape index (κ3) is 1.54. The van der Waals surface area contributed by atoms with Crippen LogP contribution in [0.2, 0.25) is 0 Å². The van der Waals surface area contributed by atoms with E-state index in [2.05, 4.69) is 4.99 Å². The summed E-state index contributed by atoms with van der Waals surface area (Å²) in [5.74, 6) is 0. The van der Waals surface area contributed by atoms with E-state index >= 15 is 0 Å². The fourth-order valence-corrected chi connectivity index (χ4v) is 0.605. The van der Waals surface area contributed by atoms with Crippen molar-refractivity contribution in [3.63, 3.8) is 0 Å². The maximum absolute atomic E-state index is 8.62. The maximum atomic E-state index is 8.62. The molecule has 0 fully saturated rings. The highest BCUT2D eigenvalue weighted by Gasteiger charge is 2.22. The van der Waals surface area contributed by atoms with E-state index in [0.717, 1.165) is 0 Å². The second-order valence-corrected chi connectivity index (χ2v) is 2.02. The van der Waals surface area contributed by atoms with Crippen LogP contribution in [0, 0.1) is 0 Å². The number of allylic oxidation sites excluding steroid dienone is 3. The fraction of sp³-hybridized carbons (Fsp3) is 0. The molecule has 1 heterocycles. The first kappa shape index (κ1) is 7.20. The Hall–Kier alpha value is -0.905. The van der Waals surface area contributed by atoms with Crippen molar-refractivity contribution in [3.05, 3.63) is 23.8 Å². The van der Waals surface area contributed by atoms with Crippen LogP contribution in [0.15, 0.2) is 23.8 Å². The first-order valence-electron chi connectivity index (χ1n) is 2.82. The van der Waals surface area contributed by atoms with Crippen molar-refractivity contribution in [2.45, 2.75) is 0 Å². The van der Waals surface area contributed by atoms with Gasteiger partial charge >= 0.3 is 6.75 Å². The second kappa shape index (κ2) is 2.38. The minimum atomic E-state index is -3.37. The summed E-state index contributed by atoms with van der Waals surface area (Å²) in [5, 5.41) is 25.9. The summed E-state index contributed by atoms with van der Waals surface area (Å²) in [6.45, 7) is -3.37. The predicted molar refractivity (Wildman–Crippen MR) is 37.8 cm³/mol. The van der Waals surface area contributed by atoms with Crippen LogP contribution in [0.25, 0.3) is 0 Å². The lowest BCUT2D eigenvalue weighted by molar-refractivity contribution is 0.243. The lowest BCUT2D eigenvalue weighted by Crippen LogP contribution is -2.37. The van der Waals surface area contributed by atoms with Crippen LogP contribution >= 0.6 is 0 Å². The highest BCUT2D eigenvalue weighted by atomic mass is 16.5. The Morgan fingerprint density at radius 2 is 2.00 bits per heavy atom. The molecule has 10 heavy (non-hydrogen) atoms. The van der Waals surface area contributed by atoms with Gasteiger partial charge in [-0.05, 0) is 0 Å². The standard InChI is InChI=1S/C5H7BNO3/c8-6(9,10)5-2-1-3-7-4-5/h1-4,8-10H. The number of nitrogens with zero attached hydrogens (tertiary/aromatic N) is 1. The Kier molecular flexibility index (Phi) is 1.71. The molecule has 1 rings (SSSR count). The molecular formula is C5H7BNO3. The molecule has 0 atom stereocenters. The van der Waals surface area contributed by atoms with Crippen LogP contribution < -0.4 is 4.99 Å². The molecule has 1 radical (unpaired) electrons. The van der Waals surface area contributed by atoms with Crippen LogP contribution in [0.4, 0.5) is 0 Å². The largest absolute Gasteiger partial charge is 0.556 e. The Labute approximate surface area is 57.9 Å². The van der Waals surface area contributed by atoms with Gasteiger partial charge in [0.15, 0.2) is 0 Å². The van der Waals surface area contributed by atoms with Gasteiger partial charge in [-0.2, -0.15) is 0 Å². The molecule has 1 aliphatic rings. The van der Waals surface area contributed by atoms with E-state index in [1.54, 1.807) is 0 Å². The van der Waals surface area contributed by atoms with Crippen LogP contribution in [-0.4, -0.2) is 28.0 Å². The minimum absolute atomic E-state index is 0.0162. The summed E-state index contributed by atoms with van der Waals surface area (Å²) in [4.78, 5) is 3.59. The van der Waals surface area contributed by atoms with Crippen molar-refractivity contribution < 1.29 is 15.1 Å². The average molecular weight is 140 g/mol. The summed E-state index contributed by atoms with van der Waals surface area (Å²) in [6, 6.07) is 0. The van der Waals surface area contributed by atoms with E-state index in [4.69, 9.17) is 15.1 Å². The number of aliphatic imine (C=N–C) groups is 1. The number of hydrogen-bond acceptors (Lipinski definition) is 4. The lowest BCUT2D eigenvalue weighted by Gasteiger charge is -2.19. The van der Waals surface area contributed by atoms with E-state index in [-0.39, 0.29) is 5.47 Å². The molecule has 0 bridgehead atoms. The zero-order valence-corrected chi connectivity index (χ0v) is 5.18. The van der Waals surface area contributed by atoms with Gasteiger partial charge in [0.05, 0.1) is 4.99 Å².